The summed E-state index contributed by atoms with van der Waals surface area (Å²) >= 11 is 9.32. The molecule has 2 fully saturated rings. The zero-order chi connectivity index (χ0) is 21.1. The molecule has 1 aromatic heterocycles. The number of benzene rings is 1. The van der Waals surface area contributed by atoms with Gasteiger partial charge in [-0.15, -0.1) is 0 Å². The molecule has 2 unspecified atom stereocenters. The van der Waals surface area contributed by atoms with E-state index in [1.165, 1.54) is 0 Å². The molecule has 2 aliphatic heterocycles. The Kier molecular flexibility index (Phi) is 6.67. The number of piperidine rings is 1. The maximum absolute atomic E-state index is 13.2. The normalized spacial score (nSPS) is 22.1. The van der Waals surface area contributed by atoms with Crippen LogP contribution >= 0.6 is 27.5 Å². The third-order valence-electron chi connectivity index (χ3n) is 5.68. The van der Waals surface area contributed by atoms with Gasteiger partial charge in [0.25, 0.3) is 0 Å². The molecule has 0 aliphatic carbocycles. The lowest BCUT2D eigenvalue weighted by molar-refractivity contribution is -0.138. The average Bonchev–Trinajstić information content (AvgIpc) is 3.25. The summed E-state index contributed by atoms with van der Waals surface area (Å²) in [4.78, 5) is 31.8. The fraction of sp³-hybridized carbons (Fsp3) is 0.381. The summed E-state index contributed by atoms with van der Waals surface area (Å²) in [5, 5.41) is 3.54. The zero-order valence-corrected chi connectivity index (χ0v) is 18.6. The van der Waals surface area contributed by atoms with Crippen molar-refractivity contribution in [2.45, 2.75) is 18.9 Å². The highest BCUT2D eigenvalue weighted by molar-refractivity contribution is 9.10. The number of halogens is 2. The minimum Gasteiger partial charge on any atom is -0.342 e. The number of nitrogens with one attached hydrogen (secondary N) is 3. The topological polar surface area (TPSA) is 86.4 Å². The molecule has 2 aliphatic rings. The maximum atomic E-state index is 13.2. The summed E-state index contributed by atoms with van der Waals surface area (Å²) in [6.07, 6.45) is 2.94. The number of pyridine rings is 1. The molecule has 2 aromatic rings. The molecule has 0 radical (unpaired) electrons. The summed E-state index contributed by atoms with van der Waals surface area (Å²) in [5.41, 5.74) is 7.34. The second-order valence-corrected chi connectivity index (χ2v) is 8.96. The number of hydrogen-bond acceptors (Lipinski definition) is 5. The largest absolute Gasteiger partial charge is 0.342 e. The Morgan fingerprint density at radius 1 is 1.13 bits per heavy atom. The Morgan fingerprint density at radius 3 is 2.53 bits per heavy atom. The lowest BCUT2D eigenvalue weighted by Crippen LogP contribution is -2.45. The van der Waals surface area contributed by atoms with Gasteiger partial charge >= 0.3 is 0 Å². The van der Waals surface area contributed by atoms with Crippen LogP contribution in [0.15, 0.2) is 47.1 Å². The van der Waals surface area contributed by atoms with E-state index in [-0.39, 0.29) is 29.7 Å². The van der Waals surface area contributed by atoms with E-state index in [1.807, 2.05) is 35.2 Å². The average molecular weight is 493 g/mol. The van der Waals surface area contributed by atoms with Crippen molar-refractivity contribution in [2.24, 2.45) is 11.8 Å². The Morgan fingerprint density at radius 2 is 1.87 bits per heavy atom. The Bertz CT molecular complexity index is 901. The number of rotatable bonds is 4. The van der Waals surface area contributed by atoms with Gasteiger partial charge in [-0.05, 0) is 58.6 Å². The first kappa shape index (κ1) is 21.2. The highest BCUT2D eigenvalue weighted by Crippen LogP contribution is 2.29. The van der Waals surface area contributed by atoms with E-state index in [0.717, 1.165) is 10.0 Å². The summed E-state index contributed by atoms with van der Waals surface area (Å²) in [6, 6.07) is 11.1. The Labute approximate surface area is 188 Å². The van der Waals surface area contributed by atoms with E-state index in [9.17, 15) is 9.59 Å². The SMILES string of the molecule is O=C(Nc1ccc(Br)cn1)C1CCN(C(=O)C2CNNC2c2ccc(Cl)cc2)CC1. The van der Waals surface area contributed by atoms with Crippen molar-refractivity contribution < 1.29 is 9.59 Å². The van der Waals surface area contributed by atoms with Crippen molar-refractivity contribution in [2.75, 3.05) is 25.0 Å². The monoisotopic (exact) mass is 491 g/mol. The first-order valence-electron chi connectivity index (χ1n) is 9.96. The Balaban J connectivity index is 1.33. The lowest BCUT2D eigenvalue weighted by Gasteiger charge is -2.34. The predicted octanol–water partition coefficient (Wildman–Crippen LogP) is 3.14. The van der Waals surface area contributed by atoms with Crippen molar-refractivity contribution in [1.82, 2.24) is 20.7 Å². The molecule has 158 valence electrons. The van der Waals surface area contributed by atoms with E-state index in [1.54, 1.807) is 12.3 Å². The number of carbonyl (C=O) groups is 2. The number of likely N-dealkylation sites (tertiary alicyclic amines) is 1. The van der Waals surface area contributed by atoms with Crippen LogP contribution in [0.25, 0.3) is 0 Å². The van der Waals surface area contributed by atoms with Crippen LogP contribution in [0.5, 0.6) is 0 Å². The highest BCUT2D eigenvalue weighted by Gasteiger charge is 2.38. The van der Waals surface area contributed by atoms with Gasteiger partial charge in [-0.1, -0.05) is 23.7 Å². The third kappa shape index (κ3) is 4.83. The molecule has 7 nitrogen and oxygen atoms in total. The molecule has 1 aromatic carbocycles. The smallest absolute Gasteiger partial charge is 0.229 e. The van der Waals surface area contributed by atoms with Crippen molar-refractivity contribution in [3.63, 3.8) is 0 Å². The zero-order valence-electron chi connectivity index (χ0n) is 16.3. The summed E-state index contributed by atoms with van der Waals surface area (Å²) in [6.45, 7) is 1.73. The predicted molar refractivity (Wildman–Crippen MR) is 119 cm³/mol. The van der Waals surface area contributed by atoms with Crippen LogP contribution in [0, 0.1) is 11.8 Å². The van der Waals surface area contributed by atoms with Gasteiger partial charge in [0.05, 0.1) is 12.0 Å². The lowest BCUT2D eigenvalue weighted by atomic mass is 9.91. The molecular weight excluding hydrogens is 470 g/mol. The van der Waals surface area contributed by atoms with E-state index >= 15 is 0 Å². The highest BCUT2D eigenvalue weighted by atomic mass is 79.9. The maximum Gasteiger partial charge on any atom is 0.229 e. The fourth-order valence-corrected chi connectivity index (χ4v) is 4.35. The number of anilines is 1. The number of hydrazine groups is 1. The van der Waals surface area contributed by atoms with Crippen molar-refractivity contribution in [3.05, 3.63) is 57.7 Å². The van der Waals surface area contributed by atoms with Gasteiger partial charge < -0.3 is 10.2 Å². The van der Waals surface area contributed by atoms with Crippen molar-refractivity contribution in [1.29, 1.82) is 0 Å². The number of amides is 2. The standard InChI is InChI=1S/C21H23BrClN5O2/c22-15-3-6-18(24-11-15)26-20(29)14-7-9-28(10-8-14)21(30)17-12-25-27-19(17)13-1-4-16(23)5-2-13/h1-6,11,14,17,19,25,27H,7-10,12H2,(H,24,26,29). The van der Waals surface area contributed by atoms with Crippen LogP contribution < -0.4 is 16.2 Å². The molecule has 2 amide bonds. The minimum atomic E-state index is -0.191. The molecule has 30 heavy (non-hydrogen) atoms. The van der Waals surface area contributed by atoms with E-state index in [2.05, 4.69) is 37.1 Å². The van der Waals surface area contributed by atoms with Gasteiger partial charge in [0.1, 0.15) is 5.82 Å². The number of nitrogens with zero attached hydrogens (tertiary/aromatic N) is 2. The van der Waals surface area contributed by atoms with Gasteiger partial charge in [0.15, 0.2) is 0 Å². The molecule has 4 rings (SSSR count). The van der Waals surface area contributed by atoms with Gasteiger partial charge in [-0.2, -0.15) is 0 Å². The third-order valence-corrected chi connectivity index (χ3v) is 6.41. The Hall–Kier alpha value is -2.00. The number of hydrogen-bond donors (Lipinski definition) is 3. The summed E-state index contributed by atoms with van der Waals surface area (Å²) in [5.74, 6) is 0.298. The second-order valence-electron chi connectivity index (χ2n) is 7.61. The van der Waals surface area contributed by atoms with Gasteiger partial charge in [0, 0.05) is 41.2 Å². The van der Waals surface area contributed by atoms with Crippen molar-refractivity contribution >= 4 is 45.2 Å². The summed E-state index contributed by atoms with van der Waals surface area (Å²) in [7, 11) is 0. The first-order valence-corrected chi connectivity index (χ1v) is 11.1. The number of carbonyl (C=O) groups excluding carboxylic acids is 2. The molecular formula is C21H23BrClN5O2. The second kappa shape index (κ2) is 9.43. The fourth-order valence-electron chi connectivity index (χ4n) is 3.99. The minimum absolute atomic E-state index is 0.0415. The van der Waals surface area contributed by atoms with E-state index in [4.69, 9.17) is 11.6 Å². The van der Waals surface area contributed by atoms with Gasteiger partial charge in [-0.3, -0.25) is 15.0 Å². The van der Waals surface area contributed by atoms with Gasteiger partial charge in [-0.25, -0.2) is 10.4 Å². The quantitative estimate of drug-likeness (QED) is 0.610. The molecule has 9 heteroatoms. The van der Waals surface area contributed by atoms with Crippen LogP contribution in [0.2, 0.25) is 5.02 Å². The van der Waals surface area contributed by atoms with E-state index in [0.29, 0.717) is 43.3 Å². The molecule has 2 atom stereocenters. The van der Waals surface area contributed by atoms with E-state index < -0.39 is 0 Å². The van der Waals surface area contributed by atoms with Gasteiger partial charge in [0.2, 0.25) is 11.8 Å². The van der Waals surface area contributed by atoms with Crippen LogP contribution in [0.1, 0.15) is 24.4 Å². The molecule has 3 heterocycles. The molecule has 3 N–H and O–H groups in total. The van der Waals surface area contributed by atoms with Crippen LogP contribution in [-0.4, -0.2) is 41.3 Å². The van der Waals surface area contributed by atoms with Crippen LogP contribution in [0.3, 0.4) is 0 Å². The summed E-state index contributed by atoms with van der Waals surface area (Å²) < 4.78 is 0.861. The first-order chi connectivity index (χ1) is 14.5. The molecule has 0 spiro atoms. The van der Waals surface area contributed by atoms with Crippen molar-refractivity contribution in [3.8, 4) is 0 Å². The molecule has 2 saturated heterocycles. The van der Waals surface area contributed by atoms with Crippen LogP contribution in [0.4, 0.5) is 5.82 Å². The molecule has 0 saturated carbocycles. The molecule has 0 bridgehead atoms. The number of aromatic nitrogens is 1. The van der Waals surface area contributed by atoms with Crippen LogP contribution in [-0.2, 0) is 9.59 Å².